The standard InChI is InChI=1S/C12H13N3O4S/c1-7-3-4-9(5-8(7)2)20(18,19)15-11-6-10(12(16)17)13-14-11/h3-6H,1-2H3,(H,16,17)(H2,13,14,15). The molecule has 2 rings (SSSR count). The number of carbonyl (C=O) groups is 1. The smallest absolute Gasteiger partial charge is 0.353 e. The predicted octanol–water partition coefficient (Wildman–Crippen LogP) is 1.53. The van der Waals surface area contributed by atoms with Gasteiger partial charge >= 0.3 is 5.97 Å². The van der Waals surface area contributed by atoms with Gasteiger partial charge in [0.25, 0.3) is 10.0 Å². The second-order valence-electron chi connectivity index (χ2n) is 4.32. The minimum Gasteiger partial charge on any atom is -0.477 e. The molecule has 0 radical (unpaired) electrons. The van der Waals surface area contributed by atoms with E-state index in [2.05, 4.69) is 14.9 Å². The average Bonchev–Trinajstić information content (AvgIpc) is 2.80. The van der Waals surface area contributed by atoms with Gasteiger partial charge in [0.1, 0.15) is 5.69 Å². The molecule has 8 heteroatoms. The molecule has 0 spiro atoms. The molecule has 0 bridgehead atoms. The fraction of sp³-hybridized carbons (Fsp3) is 0.167. The summed E-state index contributed by atoms with van der Waals surface area (Å²) in [5.74, 6) is -1.28. The lowest BCUT2D eigenvalue weighted by atomic mass is 10.1. The highest BCUT2D eigenvalue weighted by Gasteiger charge is 2.17. The molecule has 0 saturated heterocycles. The van der Waals surface area contributed by atoms with Gasteiger partial charge in [-0.25, -0.2) is 13.2 Å². The number of aromatic nitrogens is 2. The third-order valence-corrected chi connectivity index (χ3v) is 4.19. The first-order valence-electron chi connectivity index (χ1n) is 5.68. The molecule has 0 aliphatic carbocycles. The number of carboxylic acid groups (broad SMARTS) is 1. The zero-order valence-electron chi connectivity index (χ0n) is 10.8. The number of rotatable bonds is 4. The minimum atomic E-state index is -3.79. The van der Waals surface area contributed by atoms with E-state index in [9.17, 15) is 13.2 Å². The molecule has 0 aliphatic heterocycles. The second kappa shape index (κ2) is 4.97. The molecular formula is C12H13N3O4S. The fourth-order valence-corrected chi connectivity index (χ4v) is 2.64. The van der Waals surface area contributed by atoms with Crippen LogP contribution in [0.15, 0.2) is 29.2 Å². The molecule has 0 fully saturated rings. The van der Waals surface area contributed by atoms with Gasteiger partial charge in [0, 0.05) is 6.07 Å². The molecule has 1 heterocycles. The van der Waals surface area contributed by atoms with Gasteiger partial charge in [0.05, 0.1) is 4.90 Å². The molecule has 0 aliphatic rings. The number of aromatic carboxylic acids is 1. The molecule has 0 amide bonds. The first kappa shape index (κ1) is 14.1. The van der Waals surface area contributed by atoms with Crippen LogP contribution in [0.25, 0.3) is 0 Å². The van der Waals surface area contributed by atoms with Crippen LogP contribution in [-0.2, 0) is 10.0 Å². The molecule has 3 N–H and O–H groups in total. The van der Waals surface area contributed by atoms with Crippen LogP contribution in [-0.4, -0.2) is 29.7 Å². The lowest BCUT2D eigenvalue weighted by Gasteiger charge is -2.07. The Labute approximate surface area is 115 Å². The van der Waals surface area contributed by atoms with Crippen molar-refractivity contribution in [2.24, 2.45) is 0 Å². The number of nitrogens with zero attached hydrogens (tertiary/aromatic N) is 1. The minimum absolute atomic E-state index is 0.0689. The molecule has 0 atom stereocenters. The quantitative estimate of drug-likeness (QED) is 0.791. The van der Waals surface area contributed by atoms with E-state index in [1.165, 1.54) is 6.07 Å². The molecule has 1 aromatic carbocycles. The van der Waals surface area contributed by atoms with E-state index in [4.69, 9.17) is 5.11 Å². The topological polar surface area (TPSA) is 112 Å². The van der Waals surface area contributed by atoms with Crippen LogP contribution in [0.5, 0.6) is 0 Å². The summed E-state index contributed by atoms with van der Waals surface area (Å²) >= 11 is 0. The van der Waals surface area contributed by atoms with E-state index in [0.29, 0.717) is 0 Å². The Morgan fingerprint density at radius 1 is 1.25 bits per heavy atom. The highest BCUT2D eigenvalue weighted by Crippen LogP contribution is 2.18. The van der Waals surface area contributed by atoms with Crippen LogP contribution in [0.1, 0.15) is 21.6 Å². The van der Waals surface area contributed by atoms with Crippen molar-refractivity contribution in [2.45, 2.75) is 18.7 Å². The summed E-state index contributed by atoms with van der Waals surface area (Å²) in [6, 6.07) is 5.84. The summed E-state index contributed by atoms with van der Waals surface area (Å²) in [6.07, 6.45) is 0. The Bertz CT molecular complexity index is 765. The predicted molar refractivity (Wildman–Crippen MR) is 72.3 cm³/mol. The summed E-state index contributed by atoms with van der Waals surface area (Å²) < 4.78 is 26.5. The number of hydrogen-bond donors (Lipinski definition) is 3. The van der Waals surface area contributed by atoms with Gasteiger partial charge < -0.3 is 5.11 Å². The average molecular weight is 295 g/mol. The highest BCUT2D eigenvalue weighted by atomic mass is 32.2. The van der Waals surface area contributed by atoms with Crippen LogP contribution < -0.4 is 4.72 Å². The lowest BCUT2D eigenvalue weighted by molar-refractivity contribution is 0.0690. The Hall–Kier alpha value is -2.35. The number of nitrogens with one attached hydrogen (secondary N) is 2. The number of hydrogen-bond acceptors (Lipinski definition) is 4. The molecule has 7 nitrogen and oxygen atoms in total. The van der Waals surface area contributed by atoms with Crippen molar-refractivity contribution in [2.75, 3.05) is 4.72 Å². The van der Waals surface area contributed by atoms with Crippen molar-refractivity contribution >= 4 is 21.8 Å². The molecule has 1 aromatic heterocycles. The van der Waals surface area contributed by atoms with E-state index in [0.717, 1.165) is 17.2 Å². The number of sulfonamides is 1. The first-order valence-corrected chi connectivity index (χ1v) is 7.17. The Morgan fingerprint density at radius 3 is 2.50 bits per heavy atom. The van der Waals surface area contributed by atoms with Crippen molar-refractivity contribution in [1.29, 1.82) is 0 Å². The van der Waals surface area contributed by atoms with Crippen molar-refractivity contribution < 1.29 is 18.3 Å². The summed E-state index contributed by atoms with van der Waals surface area (Å²) in [5.41, 5.74) is 1.64. The van der Waals surface area contributed by atoms with Gasteiger partial charge in [-0.05, 0) is 37.1 Å². The highest BCUT2D eigenvalue weighted by molar-refractivity contribution is 7.92. The van der Waals surface area contributed by atoms with Crippen LogP contribution in [0.3, 0.4) is 0 Å². The lowest BCUT2D eigenvalue weighted by Crippen LogP contribution is -2.13. The van der Waals surface area contributed by atoms with Crippen LogP contribution in [0, 0.1) is 13.8 Å². The Balaban J connectivity index is 2.30. The van der Waals surface area contributed by atoms with Gasteiger partial charge in [-0.1, -0.05) is 6.07 Å². The Morgan fingerprint density at radius 2 is 1.95 bits per heavy atom. The van der Waals surface area contributed by atoms with Gasteiger partial charge in [-0.2, -0.15) is 5.10 Å². The van der Waals surface area contributed by atoms with E-state index in [-0.39, 0.29) is 16.4 Å². The van der Waals surface area contributed by atoms with Crippen molar-refractivity contribution in [3.05, 3.63) is 41.1 Å². The number of aromatic amines is 1. The van der Waals surface area contributed by atoms with Crippen molar-refractivity contribution in [3.8, 4) is 0 Å². The molecule has 20 heavy (non-hydrogen) atoms. The number of anilines is 1. The summed E-state index contributed by atoms with van der Waals surface area (Å²) in [7, 11) is -3.79. The largest absolute Gasteiger partial charge is 0.477 e. The summed E-state index contributed by atoms with van der Waals surface area (Å²) in [5, 5.41) is 14.5. The van der Waals surface area contributed by atoms with Crippen LogP contribution in [0.2, 0.25) is 0 Å². The molecular weight excluding hydrogens is 282 g/mol. The maximum atomic E-state index is 12.1. The molecule has 2 aromatic rings. The van der Waals surface area contributed by atoms with Crippen molar-refractivity contribution in [3.63, 3.8) is 0 Å². The number of benzene rings is 1. The zero-order chi connectivity index (χ0) is 14.9. The monoisotopic (exact) mass is 295 g/mol. The van der Waals surface area contributed by atoms with Crippen molar-refractivity contribution in [1.82, 2.24) is 10.2 Å². The summed E-state index contributed by atoms with van der Waals surface area (Å²) in [4.78, 5) is 10.8. The number of carboxylic acids is 1. The van der Waals surface area contributed by atoms with Crippen LogP contribution >= 0.6 is 0 Å². The van der Waals surface area contributed by atoms with Gasteiger partial charge in [0.2, 0.25) is 0 Å². The maximum Gasteiger partial charge on any atom is 0.353 e. The van der Waals surface area contributed by atoms with E-state index >= 15 is 0 Å². The summed E-state index contributed by atoms with van der Waals surface area (Å²) in [6.45, 7) is 3.69. The fourth-order valence-electron chi connectivity index (χ4n) is 1.56. The third kappa shape index (κ3) is 2.80. The molecule has 0 saturated carbocycles. The van der Waals surface area contributed by atoms with E-state index in [1.807, 2.05) is 13.8 Å². The number of H-pyrrole nitrogens is 1. The van der Waals surface area contributed by atoms with E-state index < -0.39 is 16.0 Å². The third-order valence-electron chi connectivity index (χ3n) is 2.84. The van der Waals surface area contributed by atoms with Gasteiger partial charge in [0.15, 0.2) is 5.82 Å². The molecule has 106 valence electrons. The SMILES string of the molecule is Cc1ccc(S(=O)(=O)Nc2cc(C(=O)O)[nH]n2)cc1C. The van der Waals surface area contributed by atoms with E-state index in [1.54, 1.807) is 12.1 Å². The van der Waals surface area contributed by atoms with Gasteiger partial charge in [-0.15, -0.1) is 0 Å². The second-order valence-corrected chi connectivity index (χ2v) is 6.01. The van der Waals surface area contributed by atoms with Gasteiger partial charge in [-0.3, -0.25) is 9.82 Å². The maximum absolute atomic E-state index is 12.1. The first-order chi connectivity index (χ1) is 9.29. The zero-order valence-corrected chi connectivity index (χ0v) is 11.7. The number of aryl methyl sites for hydroxylation is 2. The normalized spacial score (nSPS) is 11.3. The molecule has 0 unspecified atom stereocenters. The Kier molecular flexibility index (Phi) is 3.49. The van der Waals surface area contributed by atoms with Crippen LogP contribution in [0.4, 0.5) is 5.82 Å².